The highest BCUT2D eigenvalue weighted by atomic mass is 32.1. The van der Waals surface area contributed by atoms with Crippen LogP contribution in [0.15, 0.2) is 96.1 Å². The predicted molar refractivity (Wildman–Crippen MR) is 641 cm³/mol. The molecular formula is C126H186N4O2S10. The van der Waals surface area contributed by atoms with E-state index in [1.807, 2.05) is 79.4 Å². The van der Waals surface area contributed by atoms with Crippen molar-refractivity contribution >= 4 is 137 Å². The Hall–Kier alpha value is -4.66. The van der Waals surface area contributed by atoms with Crippen LogP contribution in [0.2, 0.25) is 0 Å². The number of thiophene rings is 10. The largest absolute Gasteiger partial charge is 0.321 e. The fourth-order valence-electron chi connectivity index (χ4n) is 21.6. The zero-order valence-corrected chi connectivity index (χ0v) is 99.9. The number of carbonyl (C=O) groups excluding carboxylic acids is 2. The lowest BCUT2D eigenvalue weighted by atomic mass is 9.66. The molecule has 0 spiro atoms. The Morgan fingerprint density at radius 3 is 0.894 bits per heavy atom. The van der Waals surface area contributed by atoms with Crippen molar-refractivity contribution in [1.29, 1.82) is 0 Å². The van der Waals surface area contributed by atoms with Crippen molar-refractivity contribution in [2.24, 2.45) is 23.3 Å². The minimum absolute atomic E-state index is 0.0368. The van der Waals surface area contributed by atoms with E-state index in [1.54, 1.807) is 5.56 Å². The summed E-state index contributed by atoms with van der Waals surface area (Å²) in [6.07, 6.45) is 64.8. The van der Waals surface area contributed by atoms with E-state index in [0.29, 0.717) is 36.1 Å². The number of unbranched alkanes of at least 4 members (excludes halogenated alkanes) is 34. The van der Waals surface area contributed by atoms with Crippen molar-refractivity contribution in [3.05, 3.63) is 159 Å². The van der Waals surface area contributed by atoms with Gasteiger partial charge in [-0.3, -0.25) is 9.59 Å². The zero-order valence-electron chi connectivity index (χ0n) is 91.8. The molecule has 12 rings (SSSR count). The van der Waals surface area contributed by atoms with E-state index >= 15 is 9.59 Å². The molecule has 0 aliphatic carbocycles. The number of hydrogen-bond donors (Lipinski definition) is 2. The fourth-order valence-corrected chi connectivity index (χ4v) is 34.4. The highest BCUT2D eigenvalue weighted by Gasteiger charge is 2.51. The van der Waals surface area contributed by atoms with Gasteiger partial charge >= 0.3 is 0 Å². The third kappa shape index (κ3) is 31.1. The molecule has 12 heterocycles. The number of hydrogen-bond acceptors (Lipinski definition) is 14. The summed E-state index contributed by atoms with van der Waals surface area (Å²) in [6, 6.07) is 34.6. The van der Waals surface area contributed by atoms with Crippen LogP contribution in [0, 0.1) is 11.8 Å². The Balaban J connectivity index is 0.968. The molecule has 2 atom stereocenters. The third-order valence-electron chi connectivity index (χ3n) is 31.1. The van der Waals surface area contributed by atoms with Gasteiger partial charge < -0.3 is 21.3 Å². The molecule has 142 heavy (non-hydrogen) atoms. The lowest BCUT2D eigenvalue weighted by molar-refractivity contribution is -0.124. The van der Waals surface area contributed by atoms with E-state index in [4.69, 9.17) is 11.5 Å². The summed E-state index contributed by atoms with van der Waals surface area (Å²) in [5.74, 6) is 0.701. The number of rotatable bonds is 72. The van der Waals surface area contributed by atoms with E-state index < -0.39 is 5.54 Å². The molecule has 10 aromatic heterocycles. The second-order valence-electron chi connectivity index (χ2n) is 44.8. The third-order valence-corrected chi connectivity index (χ3v) is 45.1. The van der Waals surface area contributed by atoms with Crippen molar-refractivity contribution in [2.45, 2.75) is 493 Å². The number of nitrogens with two attached hydrogens (primary N) is 2. The Kier molecular flexibility index (Phi) is 47.5. The van der Waals surface area contributed by atoms with E-state index in [9.17, 15) is 0 Å². The van der Waals surface area contributed by atoms with Gasteiger partial charge in [-0.15, -0.1) is 113 Å². The molecule has 0 saturated carbocycles. The average molecular weight is 2110 g/mol. The van der Waals surface area contributed by atoms with Crippen molar-refractivity contribution in [3.8, 4) is 68.3 Å². The normalized spacial score (nSPS) is 14.0. The Labute approximate surface area is 904 Å². The lowest BCUT2D eigenvalue weighted by Crippen LogP contribution is -2.39. The van der Waals surface area contributed by atoms with Gasteiger partial charge in [0.05, 0.1) is 32.3 Å². The Morgan fingerprint density at radius 2 is 0.507 bits per heavy atom. The minimum atomic E-state index is -0.439. The van der Waals surface area contributed by atoms with Gasteiger partial charge in [-0.25, -0.2) is 0 Å². The van der Waals surface area contributed by atoms with Gasteiger partial charge in [0, 0.05) is 123 Å². The van der Waals surface area contributed by atoms with Crippen molar-refractivity contribution in [2.75, 3.05) is 13.1 Å². The molecule has 0 bridgehead atoms. The molecule has 2 unspecified atom stereocenters. The van der Waals surface area contributed by atoms with Gasteiger partial charge in [-0.05, 0) is 261 Å². The first-order valence-electron chi connectivity index (χ1n) is 57.6. The maximum absolute atomic E-state index is 17.1. The summed E-state index contributed by atoms with van der Waals surface area (Å²) in [4.78, 5) is 65.5. The van der Waals surface area contributed by atoms with Crippen molar-refractivity contribution in [1.82, 2.24) is 9.80 Å². The number of nitrogens with zero attached hydrogens (tertiary/aromatic N) is 2. The van der Waals surface area contributed by atoms with Gasteiger partial charge in [0.1, 0.15) is 0 Å². The molecule has 0 radical (unpaired) electrons. The zero-order chi connectivity index (χ0) is 101. The van der Waals surface area contributed by atoms with Gasteiger partial charge in [0.25, 0.3) is 11.8 Å². The molecule has 2 aliphatic rings. The number of amides is 2. The quantitative estimate of drug-likeness (QED) is 0.0372. The van der Waals surface area contributed by atoms with E-state index in [1.165, 1.54) is 372 Å². The van der Waals surface area contributed by atoms with E-state index in [0.717, 1.165) is 111 Å². The smallest absolute Gasteiger partial charge is 0.261 e. The van der Waals surface area contributed by atoms with Crippen molar-refractivity contribution < 1.29 is 9.59 Å². The first-order valence-corrected chi connectivity index (χ1v) is 65.8. The number of carbonyl (C=O) groups is 2. The van der Waals surface area contributed by atoms with Crippen LogP contribution in [0.3, 0.4) is 0 Å². The summed E-state index contributed by atoms with van der Waals surface area (Å²) in [6.45, 7) is 43.4. The van der Waals surface area contributed by atoms with Crippen LogP contribution >= 0.6 is 113 Å². The van der Waals surface area contributed by atoms with Crippen LogP contribution in [0.25, 0.3) is 79.7 Å². The maximum atomic E-state index is 17.1. The van der Waals surface area contributed by atoms with Crippen LogP contribution < -0.4 is 11.5 Å². The fraction of sp³-hybridized carbons (Fsp3) is 0.635. The monoisotopic (exact) mass is 2110 g/mol. The molecule has 782 valence electrons. The van der Waals surface area contributed by atoms with Gasteiger partial charge in [-0.1, -0.05) is 341 Å². The first kappa shape index (κ1) is 116. The maximum Gasteiger partial charge on any atom is 0.261 e. The molecule has 0 fully saturated rings. The summed E-state index contributed by atoms with van der Waals surface area (Å²) in [7, 11) is 0. The highest BCUT2D eigenvalue weighted by Crippen LogP contribution is 2.58. The number of aryl methyl sites for hydroxylation is 6. The summed E-state index contributed by atoms with van der Waals surface area (Å²) >= 11 is 19.7. The summed E-state index contributed by atoms with van der Waals surface area (Å²) < 4.78 is 0. The van der Waals surface area contributed by atoms with Crippen molar-refractivity contribution in [3.63, 3.8) is 0 Å². The van der Waals surface area contributed by atoms with Crippen LogP contribution in [-0.2, 0) is 70.0 Å². The van der Waals surface area contributed by atoms with Crippen LogP contribution in [0.5, 0.6) is 0 Å². The predicted octanol–water partition coefficient (Wildman–Crippen LogP) is 42.8. The Morgan fingerprint density at radius 1 is 0.239 bits per heavy atom. The number of fused-ring (bicyclic) bond motifs is 1. The highest BCUT2D eigenvalue weighted by molar-refractivity contribution is 7.30. The molecule has 4 N–H and O–H groups in total. The molecule has 16 heteroatoms. The molecule has 2 amide bonds. The van der Waals surface area contributed by atoms with Crippen LogP contribution in [-0.4, -0.2) is 34.7 Å². The SMILES string of the molecule is CCCCCCCCC(CCCCCC)CN1C(=O)C2=C(c3ccc(-c4cc(CCCCCC)c(-c5cc(CCCCCC)c(C(C)(C)N)s5)s4)s3)N(CC(CCCCCC)CCCCCCCC)C(=O)C2=C1c1ccc(-c2cc(CCCCCC)c(-c3cc(CCCCCC)c(-c4ccc(C(C)(C)C(C)(C)c5cc(CCCCCC)c(-c6sc(-c7ccc(C(C)(C)N)s7)cc6CCCCCC)s5)s4)s3)s2)s1. The standard InChI is InChI=1S/C126H186N4O2S10/c1-19-29-39-49-51-55-65-89(63-53-41-31-21-3)87-129-113(111-112(122(129)132)114(130(121(111)131)88-90(64-54-42-32-22-4)66-56-52-50-40-30-20-2)101-76-74-98(134-101)104-82-92(68-58-44-34-24-6)117(138-104)107-85-96(72-62-48-38-28-10)120(141-107)126(17,18)128)100-75-73-97(133-100)103-81-91(67-57-43-33-23-5)116(137-103)106-84-93(69-59-45-35-25-7)115(140-106)102-78-79-108(136-102)123(11,12)124(13,14)110-86-95(71-61-47-37-27-9)119(142-110)118-94(70-60-46-36-26-8)83-105(139-118)99-77-80-109(135-99)125(15,16)127/h73-86,89-90H,19-72,87-88,127-128H2,1-18H3. The lowest BCUT2D eigenvalue weighted by Gasteiger charge is -2.40. The van der Waals surface area contributed by atoms with Crippen LogP contribution in [0.4, 0.5) is 0 Å². The summed E-state index contributed by atoms with van der Waals surface area (Å²) in [5.41, 5.74) is 24.7. The Bertz CT molecular complexity index is 5520. The van der Waals surface area contributed by atoms with E-state index in [2.05, 4.69) is 253 Å². The topological polar surface area (TPSA) is 92.7 Å². The summed E-state index contributed by atoms with van der Waals surface area (Å²) in [5, 5.41) is 0. The molecule has 2 aliphatic heterocycles. The van der Waals surface area contributed by atoms with Gasteiger partial charge in [-0.2, -0.15) is 0 Å². The molecular weight excluding hydrogens is 1920 g/mol. The second kappa shape index (κ2) is 58.1. The molecule has 0 aromatic carbocycles. The minimum Gasteiger partial charge on any atom is -0.321 e. The van der Waals surface area contributed by atoms with Gasteiger partial charge in [0.15, 0.2) is 0 Å². The molecule has 10 aromatic rings. The average Bonchev–Trinajstić information content (AvgIpc) is 1.40. The van der Waals surface area contributed by atoms with E-state index in [-0.39, 0.29) is 28.2 Å². The first-order chi connectivity index (χ1) is 68.7. The second-order valence-corrected chi connectivity index (χ2v) is 55.5. The molecule has 6 nitrogen and oxygen atoms in total. The molecule has 0 saturated heterocycles. The van der Waals surface area contributed by atoms with Gasteiger partial charge in [0.2, 0.25) is 0 Å². The van der Waals surface area contributed by atoms with Crippen LogP contribution in [0.1, 0.15) is 495 Å².